The van der Waals surface area contributed by atoms with Gasteiger partial charge in [0, 0.05) is 12.9 Å². The first kappa shape index (κ1) is 13.0. The van der Waals surface area contributed by atoms with Crippen molar-refractivity contribution in [2.75, 3.05) is 38.4 Å². The molecule has 0 amide bonds. The maximum Gasteiger partial charge on any atom is 0.0700 e. The quantitative estimate of drug-likeness (QED) is 0.402. The third kappa shape index (κ3) is 12.0. The van der Waals surface area contributed by atoms with Crippen LogP contribution >= 0.6 is 11.8 Å². The van der Waals surface area contributed by atoms with Gasteiger partial charge in [-0.05, 0) is 18.6 Å². The van der Waals surface area contributed by atoms with Crippen molar-refractivity contribution in [1.82, 2.24) is 0 Å². The molecule has 0 saturated heterocycles. The average molecular weight is 204 g/mol. The van der Waals surface area contributed by atoms with Crippen LogP contribution in [0.5, 0.6) is 0 Å². The maximum absolute atomic E-state index is 5.31. The summed E-state index contributed by atoms with van der Waals surface area (Å²) in [6, 6.07) is 0. The lowest BCUT2D eigenvalue weighted by molar-refractivity contribution is 0.0790. The summed E-state index contributed by atoms with van der Waals surface area (Å²) in [6.45, 7) is 5.92. The van der Waals surface area contributed by atoms with Crippen molar-refractivity contribution >= 4 is 11.8 Å². The number of methoxy groups -OCH3 is 1. The summed E-state index contributed by atoms with van der Waals surface area (Å²) in [6.07, 6.45) is 4.32. The van der Waals surface area contributed by atoms with Gasteiger partial charge in [0.2, 0.25) is 0 Å². The van der Waals surface area contributed by atoms with Crippen molar-refractivity contribution in [2.24, 2.45) is 0 Å². The van der Waals surface area contributed by atoms with E-state index >= 15 is 0 Å². The molecule has 2 nitrogen and oxygen atoms in total. The molecule has 78 valence electrons. The van der Waals surface area contributed by atoms with E-state index < -0.39 is 0 Å². The second-order valence-corrected chi connectivity index (χ2v) is 3.87. The minimum absolute atomic E-state index is 0.696. The lowest BCUT2D eigenvalue weighted by atomic mass is 10.3. The summed E-state index contributed by atoms with van der Waals surface area (Å²) in [7, 11) is 1.69. The Kier molecular flexibility index (Phi) is 12.0. The molecule has 0 aromatic rings. The van der Waals surface area contributed by atoms with Crippen LogP contribution in [0.25, 0.3) is 0 Å². The van der Waals surface area contributed by atoms with Gasteiger partial charge < -0.3 is 9.47 Å². The Morgan fingerprint density at radius 2 is 2.08 bits per heavy atom. The molecular weight excluding hydrogens is 184 g/mol. The van der Waals surface area contributed by atoms with Gasteiger partial charge in [0.25, 0.3) is 0 Å². The molecule has 0 aliphatic carbocycles. The molecule has 0 aliphatic heterocycles. The molecule has 0 saturated carbocycles. The summed E-state index contributed by atoms with van der Waals surface area (Å²) in [5, 5.41) is 0. The fourth-order valence-corrected chi connectivity index (χ4v) is 1.60. The van der Waals surface area contributed by atoms with Crippen LogP contribution in [0.15, 0.2) is 12.7 Å². The molecule has 0 fully saturated rings. The Balaban J connectivity index is 2.79. The molecule has 0 N–H and O–H groups in total. The zero-order valence-electron chi connectivity index (χ0n) is 8.46. The highest BCUT2D eigenvalue weighted by Crippen LogP contribution is 2.04. The highest BCUT2D eigenvalue weighted by Gasteiger charge is 1.89. The third-order valence-electron chi connectivity index (χ3n) is 1.50. The molecular formula is C10H20O2S. The van der Waals surface area contributed by atoms with Crippen molar-refractivity contribution in [3.8, 4) is 0 Å². The van der Waals surface area contributed by atoms with Gasteiger partial charge in [0.15, 0.2) is 0 Å². The molecule has 0 bridgehead atoms. The number of hydrogen-bond donors (Lipinski definition) is 0. The lowest BCUT2D eigenvalue weighted by Crippen LogP contribution is -2.04. The van der Waals surface area contributed by atoms with E-state index in [1.54, 1.807) is 7.11 Å². The smallest absolute Gasteiger partial charge is 0.0700 e. The molecule has 0 spiro atoms. The van der Waals surface area contributed by atoms with Gasteiger partial charge in [0.1, 0.15) is 0 Å². The molecule has 0 aromatic heterocycles. The van der Waals surface area contributed by atoms with E-state index in [4.69, 9.17) is 9.47 Å². The van der Waals surface area contributed by atoms with Crippen LogP contribution in [0, 0.1) is 0 Å². The Bertz CT molecular complexity index is 107. The van der Waals surface area contributed by atoms with Gasteiger partial charge in [-0.2, -0.15) is 11.8 Å². The van der Waals surface area contributed by atoms with Crippen LogP contribution in [-0.4, -0.2) is 38.4 Å². The van der Waals surface area contributed by atoms with Crippen LogP contribution in [0.1, 0.15) is 12.8 Å². The second-order valence-electron chi connectivity index (χ2n) is 2.65. The fourth-order valence-electron chi connectivity index (χ4n) is 0.794. The van der Waals surface area contributed by atoms with Gasteiger partial charge in [0.05, 0.1) is 19.8 Å². The monoisotopic (exact) mass is 204 g/mol. The standard InChI is InChI=1S/C10H20O2S/c1-3-4-5-9-13-10-8-12-7-6-11-2/h3H,1,4-10H2,2H3. The summed E-state index contributed by atoms with van der Waals surface area (Å²) in [5.41, 5.74) is 0. The molecule has 0 heterocycles. The molecule has 0 radical (unpaired) electrons. The zero-order chi connectivity index (χ0) is 9.78. The van der Waals surface area contributed by atoms with E-state index in [9.17, 15) is 0 Å². The van der Waals surface area contributed by atoms with Gasteiger partial charge in [-0.15, -0.1) is 6.58 Å². The van der Waals surface area contributed by atoms with Crippen molar-refractivity contribution < 1.29 is 9.47 Å². The van der Waals surface area contributed by atoms with Crippen molar-refractivity contribution in [3.05, 3.63) is 12.7 Å². The van der Waals surface area contributed by atoms with Crippen LogP contribution < -0.4 is 0 Å². The van der Waals surface area contributed by atoms with Crippen molar-refractivity contribution in [1.29, 1.82) is 0 Å². The van der Waals surface area contributed by atoms with Gasteiger partial charge in [-0.25, -0.2) is 0 Å². The SMILES string of the molecule is C=CCCCSCCOCCOC. The molecule has 0 aliphatic rings. The third-order valence-corrected chi connectivity index (χ3v) is 2.53. The maximum atomic E-state index is 5.31. The van der Waals surface area contributed by atoms with Crippen LogP contribution in [0.2, 0.25) is 0 Å². The van der Waals surface area contributed by atoms with Crippen molar-refractivity contribution in [2.45, 2.75) is 12.8 Å². The minimum Gasteiger partial charge on any atom is -0.382 e. The van der Waals surface area contributed by atoms with Crippen LogP contribution in [0.4, 0.5) is 0 Å². The van der Waals surface area contributed by atoms with E-state index in [-0.39, 0.29) is 0 Å². The number of hydrogen-bond acceptors (Lipinski definition) is 3. The van der Waals surface area contributed by atoms with E-state index in [1.165, 1.54) is 12.2 Å². The molecule has 0 aromatic carbocycles. The van der Waals surface area contributed by atoms with Crippen LogP contribution in [0.3, 0.4) is 0 Å². The Morgan fingerprint density at radius 1 is 1.23 bits per heavy atom. The Labute approximate surface area is 85.7 Å². The van der Waals surface area contributed by atoms with Gasteiger partial charge >= 0.3 is 0 Å². The first-order valence-corrected chi connectivity index (χ1v) is 5.82. The van der Waals surface area contributed by atoms with Crippen molar-refractivity contribution in [3.63, 3.8) is 0 Å². The molecule has 3 heteroatoms. The molecule has 13 heavy (non-hydrogen) atoms. The number of allylic oxidation sites excluding steroid dienone is 1. The van der Waals surface area contributed by atoms with Crippen LogP contribution in [-0.2, 0) is 9.47 Å². The Morgan fingerprint density at radius 3 is 2.77 bits per heavy atom. The zero-order valence-corrected chi connectivity index (χ0v) is 9.28. The first-order chi connectivity index (χ1) is 6.41. The van der Waals surface area contributed by atoms with E-state index in [2.05, 4.69) is 6.58 Å². The Hall–Kier alpha value is 0.01000. The summed E-state index contributed by atoms with van der Waals surface area (Å²) < 4.78 is 10.2. The average Bonchev–Trinajstić information content (AvgIpc) is 2.16. The van der Waals surface area contributed by atoms with E-state index in [0.717, 1.165) is 18.8 Å². The molecule has 0 atom stereocenters. The van der Waals surface area contributed by atoms with E-state index in [1.807, 2.05) is 17.8 Å². The number of rotatable bonds is 10. The predicted molar refractivity (Wildman–Crippen MR) is 59.5 cm³/mol. The number of thioether (sulfide) groups is 1. The number of unbranched alkanes of at least 4 members (excludes halogenated alkanes) is 1. The highest BCUT2D eigenvalue weighted by atomic mass is 32.2. The topological polar surface area (TPSA) is 18.5 Å². The molecule has 0 rings (SSSR count). The van der Waals surface area contributed by atoms with Gasteiger partial charge in [-0.3, -0.25) is 0 Å². The number of ether oxygens (including phenoxy) is 2. The van der Waals surface area contributed by atoms with Gasteiger partial charge in [-0.1, -0.05) is 6.08 Å². The summed E-state index contributed by atoms with van der Waals surface area (Å²) >= 11 is 1.94. The molecule has 0 unspecified atom stereocenters. The summed E-state index contributed by atoms with van der Waals surface area (Å²) in [5.74, 6) is 2.29. The fraction of sp³-hybridized carbons (Fsp3) is 0.800. The normalized spacial score (nSPS) is 10.2. The first-order valence-electron chi connectivity index (χ1n) is 4.67. The second kappa shape index (κ2) is 12.0. The summed E-state index contributed by atoms with van der Waals surface area (Å²) in [4.78, 5) is 0. The van der Waals surface area contributed by atoms with E-state index in [0.29, 0.717) is 13.2 Å². The highest BCUT2D eigenvalue weighted by molar-refractivity contribution is 7.99. The largest absolute Gasteiger partial charge is 0.382 e. The lowest BCUT2D eigenvalue weighted by Gasteiger charge is -2.02. The predicted octanol–water partition coefficient (Wildman–Crippen LogP) is 2.35. The minimum atomic E-state index is 0.696.